The first kappa shape index (κ1) is 20.1. The molecule has 0 saturated carbocycles. The Morgan fingerprint density at radius 1 is 1.03 bits per heavy atom. The minimum Gasteiger partial charge on any atom is -0.454 e. The molecule has 1 aromatic heterocycles. The fourth-order valence-electron chi connectivity index (χ4n) is 5.30. The van der Waals surface area contributed by atoms with Crippen molar-refractivity contribution in [1.29, 1.82) is 0 Å². The summed E-state index contributed by atoms with van der Waals surface area (Å²) in [6.45, 7) is 3.82. The summed E-state index contributed by atoms with van der Waals surface area (Å²) >= 11 is 0. The molecule has 4 heterocycles. The summed E-state index contributed by atoms with van der Waals surface area (Å²) < 4.78 is 16.5. The minimum absolute atomic E-state index is 0.0322. The number of ether oxygens (including phenoxy) is 3. The van der Waals surface area contributed by atoms with Crippen molar-refractivity contribution in [2.75, 3.05) is 33.1 Å². The Labute approximate surface area is 191 Å². The zero-order valence-corrected chi connectivity index (χ0v) is 18.4. The molecule has 2 aromatic carbocycles. The normalized spacial score (nSPS) is 21.8. The van der Waals surface area contributed by atoms with Crippen LogP contribution in [0.15, 0.2) is 42.5 Å². The van der Waals surface area contributed by atoms with Crippen molar-refractivity contribution in [2.45, 2.75) is 25.4 Å². The van der Waals surface area contributed by atoms with E-state index in [0.717, 1.165) is 27.7 Å². The third-order valence-corrected chi connectivity index (χ3v) is 6.82. The number of amides is 2. The van der Waals surface area contributed by atoms with Crippen molar-refractivity contribution < 1.29 is 23.8 Å². The first-order valence-corrected chi connectivity index (χ1v) is 11.3. The van der Waals surface area contributed by atoms with E-state index in [4.69, 9.17) is 14.2 Å². The van der Waals surface area contributed by atoms with Crippen molar-refractivity contribution in [1.82, 2.24) is 14.8 Å². The summed E-state index contributed by atoms with van der Waals surface area (Å²) in [6, 6.07) is 12.8. The second-order valence-corrected chi connectivity index (χ2v) is 8.66. The molecule has 1 fully saturated rings. The fraction of sp³-hybridized carbons (Fsp3) is 0.360. The van der Waals surface area contributed by atoms with E-state index in [0.29, 0.717) is 44.2 Å². The Morgan fingerprint density at radius 3 is 2.64 bits per heavy atom. The SMILES string of the molecule is CC(=O)N1C(C(=O)N2CCOCC2)Cc2c([nH]c3ccccc23)[C@H]1c1ccc2c(c1)OCO2. The molecule has 8 nitrogen and oxygen atoms in total. The van der Waals surface area contributed by atoms with E-state index in [1.54, 1.807) is 4.90 Å². The van der Waals surface area contributed by atoms with E-state index >= 15 is 0 Å². The number of aromatic amines is 1. The first-order chi connectivity index (χ1) is 16.1. The number of para-hydroxylation sites is 1. The smallest absolute Gasteiger partial charge is 0.245 e. The highest BCUT2D eigenvalue weighted by Gasteiger charge is 2.44. The van der Waals surface area contributed by atoms with Gasteiger partial charge in [0.25, 0.3) is 0 Å². The average Bonchev–Trinajstić information content (AvgIpc) is 3.46. The Morgan fingerprint density at radius 2 is 1.82 bits per heavy atom. The summed E-state index contributed by atoms with van der Waals surface area (Å²) in [5, 5.41) is 1.08. The van der Waals surface area contributed by atoms with Crippen LogP contribution in [0.1, 0.15) is 29.8 Å². The minimum atomic E-state index is -0.595. The van der Waals surface area contributed by atoms with Crippen molar-refractivity contribution >= 4 is 22.7 Å². The van der Waals surface area contributed by atoms with Gasteiger partial charge in [0.15, 0.2) is 11.5 Å². The number of morpholine rings is 1. The maximum absolute atomic E-state index is 13.7. The topological polar surface area (TPSA) is 84.1 Å². The molecule has 3 aliphatic heterocycles. The van der Waals surface area contributed by atoms with Crippen molar-refractivity contribution in [2.24, 2.45) is 0 Å². The fourth-order valence-corrected chi connectivity index (χ4v) is 5.30. The maximum Gasteiger partial charge on any atom is 0.245 e. The van der Waals surface area contributed by atoms with Gasteiger partial charge in [-0.3, -0.25) is 9.59 Å². The van der Waals surface area contributed by atoms with Crippen LogP contribution >= 0.6 is 0 Å². The number of fused-ring (bicyclic) bond motifs is 4. The molecular formula is C25H25N3O5. The van der Waals surface area contributed by atoms with Gasteiger partial charge in [0.1, 0.15) is 6.04 Å². The van der Waals surface area contributed by atoms with Gasteiger partial charge in [-0.2, -0.15) is 0 Å². The second kappa shape index (κ2) is 7.81. The summed E-state index contributed by atoms with van der Waals surface area (Å²) in [6.07, 6.45) is 0.468. The highest BCUT2D eigenvalue weighted by Crippen LogP contribution is 2.44. The molecule has 6 rings (SSSR count). The number of carbonyl (C=O) groups excluding carboxylic acids is 2. The molecule has 0 bridgehead atoms. The highest BCUT2D eigenvalue weighted by molar-refractivity contribution is 5.92. The van der Waals surface area contributed by atoms with Crippen LogP contribution in [0.4, 0.5) is 0 Å². The molecule has 3 aromatic rings. The number of aromatic nitrogens is 1. The van der Waals surface area contributed by atoms with Crippen molar-refractivity contribution in [3.63, 3.8) is 0 Å². The van der Waals surface area contributed by atoms with Gasteiger partial charge in [-0.15, -0.1) is 0 Å². The van der Waals surface area contributed by atoms with Crippen molar-refractivity contribution in [3.8, 4) is 11.5 Å². The van der Waals surface area contributed by atoms with E-state index in [1.807, 2.05) is 41.3 Å². The number of H-pyrrole nitrogens is 1. The molecule has 0 aliphatic carbocycles. The third-order valence-electron chi connectivity index (χ3n) is 6.82. The summed E-state index contributed by atoms with van der Waals surface area (Å²) in [5.74, 6) is 1.15. The van der Waals surface area contributed by atoms with Gasteiger partial charge >= 0.3 is 0 Å². The predicted molar refractivity (Wildman–Crippen MR) is 120 cm³/mol. The summed E-state index contributed by atoms with van der Waals surface area (Å²) in [4.78, 5) is 33.9. The molecule has 170 valence electrons. The van der Waals surface area contributed by atoms with Crippen LogP contribution in [-0.4, -0.2) is 65.7 Å². The molecule has 2 atom stereocenters. The third kappa shape index (κ3) is 3.24. The monoisotopic (exact) mass is 447 g/mol. The number of carbonyl (C=O) groups is 2. The molecular weight excluding hydrogens is 422 g/mol. The van der Waals surface area contributed by atoms with Crippen LogP contribution in [0.25, 0.3) is 10.9 Å². The quantitative estimate of drug-likeness (QED) is 0.653. The van der Waals surface area contributed by atoms with E-state index in [-0.39, 0.29) is 18.6 Å². The lowest BCUT2D eigenvalue weighted by Gasteiger charge is -2.43. The van der Waals surface area contributed by atoms with Crippen LogP contribution in [0.5, 0.6) is 11.5 Å². The van der Waals surface area contributed by atoms with Gasteiger partial charge < -0.3 is 29.0 Å². The summed E-state index contributed by atoms with van der Waals surface area (Å²) in [7, 11) is 0. The van der Waals surface area contributed by atoms with E-state index < -0.39 is 12.1 Å². The molecule has 33 heavy (non-hydrogen) atoms. The Bertz CT molecular complexity index is 1250. The average molecular weight is 447 g/mol. The molecule has 3 aliphatic rings. The molecule has 1 unspecified atom stereocenters. The van der Waals surface area contributed by atoms with Crippen LogP contribution < -0.4 is 9.47 Å². The maximum atomic E-state index is 13.7. The zero-order valence-electron chi connectivity index (χ0n) is 18.4. The Hall–Kier alpha value is -3.52. The highest BCUT2D eigenvalue weighted by atomic mass is 16.7. The molecule has 1 saturated heterocycles. The largest absolute Gasteiger partial charge is 0.454 e. The lowest BCUT2D eigenvalue weighted by Crippen LogP contribution is -2.56. The number of nitrogens with one attached hydrogen (secondary N) is 1. The van der Waals surface area contributed by atoms with E-state index in [2.05, 4.69) is 11.1 Å². The molecule has 8 heteroatoms. The Kier molecular flexibility index (Phi) is 4.76. The molecule has 0 spiro atoms. The van der Waals surface area contributed by atoms with Gasteiger partial charge in [0.2, 0.25) is 18.6 Å². The first-order valence-electron chi connectivity index (χ1n) is 11.3. The standard InChI is InChI=1S/C25H25N3O5/c1-15(29)28-20(25(30)27-8-10-31-11-9-27)13-18-17-4-2-3-5-19(17)26-23(18)24(28)16-6-7-21-22(12-16)33-14-32-21/h2-7,12,20,24,26H,8-11,13-14H2,1H3/t20?,24-/m1/s1. The number of benzene rings is 2. The van der Waals surface area contributed by atoms with Crippen LogP contribution in [0.3, 0.4) is 0 Å². The van der Waals surface area contributed by atoms with Crippen LogP contribution in [0, 0.1) is 0 Å². The van der Waals surface area contributed by atoms with Gasteiger partial charge in [0, 0.05) is 43.0 Å². The lowest BCUT2D eigenvalue weighted by atomic mass is 9.87. The molecule has 0 radical (unpaired) electrons. The zero-order chi connectivity index (χ0) is 22.5. The summed E-state index contributed by atoms with van der Waals surface area (Å²) in [5.41, 5.74) is 3.90. The number of hydrogen-bond acceptors (Lipinski definition) is 5. The van der Waals surface area contributed by atoms with Gasteiger partial charge in [-0.25, -0.2) is 0 Å². The second-order valence-electron chi connectivity index (χ2n) is 8.66. The number of rotatable bonds is 2. The van der Waals surface area contributed by atoms with Crippen LogP contribution in [-0.2, 0) is 20.7 Å². The van der Waals surface area contributed by atoms with Crippen LogP contribution in [0.2, 0.25) is 0 Å². The molecule has 2 amide bonds. The van der Waals surface area contributed by atoms with Gasteiger partial charge in [-0.05, 0) is 29.3 Å². The Balaban J connectivity index is 1.52. The van der Waals surface area contributed by atoms with Crippen molar-refractivity contribution in [3.05, 3.63) is 59.3 Å². The van der Waals surface area contributed by atoms with Gasteiger partial charge in [-0.1, -0.05) is 24.3 Å². The molecule has 1 N–H and O–H groups in total. The van der Waals surface area contributed by atoms with Gasteiger partial charge in [0.05, 0.1) is 19.3 Å². The number of hydrogen-bond donors (Lipinski definition) is 1. The number of nitrogens with zero attached hydrogens (tertiary/aromatic N) is 2. The predicted octanol–water partition coefficient (Wildman–Crippen LogP) is 2.62. The van der Waals surface area contributed by atoms with E-state index in [9.17, 15) is 9.59 Å². The lowest BCUT2D eigenvalue weighted by molar-refractivity contribution is -0.149. The van der Waals surface area contributed by atoms with E-state index in [1.165, 1.54) is 6.92 Å².